The van der Waals surface area contributed by atoms with E-state index in [-0.39, 0.29) is 5.02 Å². The minimum atomic E-state index is -0.835. The van der Waals surface area contributed by atoms with E-state index in [2.05, 4.69) is 10.6 Å². The van der Waals surface area contributed by atoms with Gasteiger partial charge in [0.2, 0.25) is 0 Å². The molecule has 0 aliphatic carbocycles. The van der Waals surface area contributed by atoms with E-state index in [1.165, 1.54) is 12.1 Å². The monoisotopic (exact) mass is 356 g/mol. The number of benzene rings is 2. The summed E-state index contributed by atoms with van der Waals surface area (Å²) in [5, 5.41) is 6.16. The maximum Gasteiger partial charge on any atom is 0.314 e. The van der Waals surface area contributed by atoms with E-state index < -0.39 is 11.8 Å². The minimum absolute atomic E-state index is 0.247. The Morgan fingerprint density at radius 1 is 0.818 bits per heavy atom. The van der Waals surface area contributed by atoms with Gasteiger partial charge in [-0.1, -0.05) is 34.8 Å². The van der Waals surface area contributed by atoms with Gasteiger partial charge in [-0.05, 0) is 48.9 Å². The van der Waals surface area contributed by atoms with Crippen molar-refractivity contribution in [3.05, 3.63) is 57.0 Å². The lowest BCUT2D eigenvalue weighted by molar-refractivity contribution is -0.133. The normalized spacial score (nSPS) is 10.2. The van der Waals surface area contributed by atoms with Crippen LogP contribution in [0.25, 0.3) is 0 Å². The summed E-state index contributed by atoms with van der Waals surface area (Å²) in [4.78, 5) is 23.8. The number of carbonyl (C=O) groups is 2. The molecule has 114 valence electrons. The molecule has 2 aromatic rings. The minimum Gasteiger partial charge on any atom is -0.318 e. The lowest BCUT2D eigenvalue weighted by Crippen LogP contribution is -2.29. The first-order chi connectivity index (χ1) is 10.4. The summed E-state index contributed by atoms with van der Waals surface area (Å²) >= 11 is 17.5. The van der Waals surface area contributed by atoms with Gasteiger partial charge >= 0.3 is 11.8 Å². The van der Waals surface area contributed by atoms with Crippen LogP contribution in [-0.2, 0) is 9.59 Å². The molecular weight excluding hydrogens is 347 g/mol. The summed E-state index contributed by atoms with van der Waals surface area (Å²) in [7, 11) is 0. The number of amides is 2. The quantitative estimate of drug-likeness (QED) is 0.776. The van der Waals surface area contributed by atoms with E-state index in [0.717, 1.165) is 5.56 Å². The predicted molar refractivity (Wildman–Crippen MR) is 89.9 cm³/mol. The van der Waals surface area contributed by atoms with Gasteiger partial charge in [-0.25, -0.2) is 0 Å². The largest absolute Gasteiger partial charge is 0.318 e. The Kier molecular flexibility index (Phi) is 5.29. The van der Waals surface area contributed by atoms with Crippen LogP contribution in [-0.4, -0.2) is 11.8 Å². The molecule has 0 unspecified atom stereocenters. The molecule has 0 saturated carbocycles. The zero-order valence-electron chi connectivity index (χ0n) is 11.4. The molecule has 0 atom stereocenters. The molecule has 22 heavy (non-hydrogen) atoms. The Balaban J connectivity index is 2.07. The zero-order valence-corrected chi connectivity index (χ0v) is 13.7. The van der Waals surface area contributed by atoms with Crippen molar-refractivity contribution in [1.29, 1.82) is 0 Å². The van der Waals surface area contributed by atoms with Gasteiger partial charge in [-0.15, -0.1) is 0 Å². The van der Waals surface area contributed by atoms with Crippen LogP contribution < -0.4 is 10.6 Å². The van der Waals surface area contributed by atoms with Crippen LogP contribution in [0.5, 0.6) is 0 Å². The van der Waals surface area contributed by atoms with Crippen molar-refractivity contribution in [1.82, 2.24) is 0 Å². The van der Waals surface area contributed by atoms with Crippen LogP contribution in [0.3, 0.4) is 0 Å². The number of anilines is 2. The molecule has 7 heteroatoms. The molecule has 0 saturated heterocycles. The summed E-state index contributed by atoms with van der Waals surface area (Å²) in [5.41, 5.74) is 1.56. The molecule has 0 aliphatic rings. The third-order valence-corrected chi connectivity index (χ3v) is 3.61. The van der Waals surface area contributed by atoms with Crippen molar-refractivity contribution in [2.75, 3.05) is 10.6 Å². The van der Waals surface area contributed by atoms with Gasteiger partial charge in [0.1, 0.15) is 0 Å². The second-order valence-corrected chi connectivity index (χ2v) is 5.77. The molecule has 2 N–H and O–H groups in total. The fourth-order valence-corrected chi connectivity index (χ4v) is 2.40. The van der Waals surface area contributed by atoms with Crippen molar-refractivity contribution in [3.8, 4) is 0 Å². The summed E-state index contributed by atoms with van der Waals surface area (Å²) in [5.74, 6) is -1.64. The van der Waals surface area contributed by atoms with Crippen LogP contribution in [0.4, 0.5) is 11.4 Å². The Labute approximate surface area is 142 Å². The van der Waals surface area contributed by atoms with Crippen molar-refractivity contribution < 1.29 is 9.59 Å². The van der Waals surface area contributed by atoms with Crippen molar-refractivity contribution in [3.63, 3.8) is 0 Å². The van der Waals surface area contributed by atoms with E-state index >= 15 is 0 Å². The maximum absolute atomic E-state index is 11.9. The number of halogens is 3. The van der Waals surface area contributed by atoms with Crippen LogP contribution in [0.15, 0.2) is 36.4 Å². The van der Waals surface area contributed by atoms with Gasteiger partial charge in [-0.3, -0.25) is 9.59 Å². The summed E-state index contributed by atoms with van der Waals surface area (Å²) < 4.78 is 0. The second kappa shape index (κ2) is 7.01. The third-order valence-electron chi connectivity index (χ3n) is 2.82. The fourth-order valence-electron chi connectivity index (χ4n) is 1.72. The number of carbonyl (C=O) groups excluding carboxylic acids is 2. The molecule has 2 aromatic carbocycles. The molecule has 0 heterocycles. The van der Waals surface area contributed by atoms with Crippen molar-refractivity contribution in [2.45, 2.75) is 6.92 Å². The Bertz CT molecular complexity index is 684. The van der Waals surface area contributed by atoms with Crippen LogP contribution in [0.1, 0.15) is 5.56 Å². The number of hydrogen-bond donors (Lipinski definition) is 2. The van der Waals surface area contributed by atoms with Crippen molar-refractivity contribution in [2.24, 2.45) is 0 Å². The van der Waals surface area contributed by atoms with Gasteiger partial charge in [0.25, 0.3) is 0 Å². The first kappa shape index (κ1) is 16.6. The summed E-state index contributed by atoms with van der Waals surface area (Å²) in [6, 6.07) is 9.48. The maximum atomic E-state index is 11.9. The summed E-state index contributed by atoms with van der Waals surface area (Å²) in [6.07, 6.45) is 0. The second-order valence-electron chi connectivity index (χ2n) is 4.49. The number of aryl methyl sites for hydroxylation is 1. The molecule has 0 bridgehead atoms. The molecule has 0 aliphatic heterocycles. The fraction of sp³-hybridized carbons (Fsp3) is 0.0667. The van der Waals surface area contributed by atoms with Crippen LogP contribution >= 0.6 is 34.8 Å². The van der Waals surface area contributed by atoms with Gasteiger partial charge in [0, 0.05) is 15.7 Å². The van der Waals surface area contributed by atoms with Gasteiger partial charge in [-0.2, -0.15) is 0 Å². The Morgan fingerprint density at radius 3 is 1.86 bits per heavy atom. The lowest BCUT2D eigenvalue weighted by atomic mass is 10.2. The molecule has 2 rings (SSSR count). The average molecular weight is 358 g/mol. The number of rotatable bonds is 2. The average Bonchev–Trinajstić information content (AvgIpc) is 2.44. The van der Waals surface area contributed by atoms with Gasteiger partial charge in [0.15, 0.2) is 0 Å². The highest BCUT2D eigenvalue weighted by molar-refractivity contribution is 6.45. The molecule has 4 nitrogen and oxygen atoms in total. The molecule has 0 aromatic heterocycles. The zero-order chi connectivity index (χ0) is 16.3. The first-order valence-electron chi connectivity index (χ1n) is 6.20. The Hall–Kier alpha value is -1.75. The molecule has 2 amide bonds. The first-order valence-corrected chi connectivity index (χ1v) is 7.34. The third kappa shape index (κ3) is 4.13. The highest BCUT2D eigenvalue weighted by Gasteiger charge is 2.16. The molecule has 0 radical (unpaired) electrons. The highest BCUT2D eigenvalue weighted by atomic mass is 35.5. The smallest absolute Gasteiger partial charge is 0.314 e. The van der Waals surface area contributed by atoms with E-state index in [0.29, 0.717) is 21.4 Å². The number of nitrogens with one attached hydrogen (secondary N) is 2. The van der Waals surface area contributed by atoms with Gasteiger partial charge in [0.05, 0.1) is 10.7 Å². The van der Waals surface area contributed by atoms with E-state index in [9.17, 15) is 9.59 Å². The summed E-state index contributed by atoms with van der Waals surface area (Å²) in [6.45, 7) is 1.77. The van der Waals surface area contributed by atoms with E-state index in [4.69, 9.17) is 34.8 Å². The standard InChI is InChI=1S/C15H11Cl3N2O2/c1-8-6-9(16)2-4-12(8)19-14(21)15(22)20-13-5-3-10(17)7-11(13)18/h2-7H,1H3,(H,19,21)(H,20,22). The highest BCUT2D eigenvalue weighted by Crippen LogP contribution is 2.25. The molecule has 0 spiro atoms. The van der Waals surface area contributed by atoms with E-state index in [1.807, 2.05) is 0 Å². The SMILES string of the molecule is Cc1cc(Cl)ccc1NC(=O)C(=O)Nc1ccc(Cl)cc1Cl. The van der Waals surface area contributed by atoms with Gasteiger partial charge < -0.3 is 10.6 Å². The Morgan fingerprint density at radius 2 is 1.32 bits per heavy atom. The van der Waals surface area contributed by atoms with E-state index in [1.54, 1.807) is 31.2 Å². The molecular formula is C15H11Cl3N2O2. The topological polar surface area (TPSA) is 58.2 Å². The molecule has 0 fully saturated rings. The lowest BCUT2D eigenvalue weighted by Gasteiger charge is -2.10. The predicted octanol–water partition coefficient (Wildman–Crippen LogP) is 4.53. The number of hydrogen-bond acceptors (Lipinski definition) is 2. The van der Waals surface area contributed by atoms with Crippen LogP contribution in [0, 0.1) is 6.92 Å². The van der Waals surface area contributed by atoms with Crippen LogP contribution in [0.2, 0.25) is 15.1 Å². The van der Waals surface area contributed by atoms with Crippen molar-refractivity contribution >= 4 is 58.0 Å².